The molecule has 1 rings (SSSR count). The van der Waals surface area contributed by atoms with E-state index in [9.17, 15) is 13.2 Å². The van der Waals surface area contributed by atoms with E-state index in [0.717, 1.165) is 11.3 Å². The molecule has 0 saturated heterocycles. The van der Waals surface area contributed by atoms with Crippen LogP contribution < -0.4 is 15.4 Å². The maximum absolute atomic E-state index is 11.6. The van der Waals surface area contributed by atoms with E-state index in [1.807, 2.05) is 0 Å². The van der Waals surface area contributed by atoms with Gasteiger partial charge in [0.1, 0.15) is 4.21 Å². The van der Waals surface area contributed by atoms with Gasteiger partial charge in [-0.05, 0) is 18.5 Å². The Morgan fingerprint density at radius 3 is 2.67 bits per heavy atom. The number of carbonyl (C=O) groups is 1. The smallest absolute Gasteiger partial charge is 0.250 e. The third-order valence-corrected chi connectivity index (χ3v) is 4.70. The number of thiophene rings is 1. The molecule has 104 valence electrons. The van der Waals surface area contributed by atoms with Crippen molar-refractivity contribution in [2.45, 2.75) is 4.21 Å². The summed E-state index contributed by atoms with van der Waals surface area (Å²) in [6.07, 6.45) is 0. The monoisotopic (exact) mass is 313 g/mol. The van der Waals surface area contributed by atoms with Crippen LogP contribution in [-0.4, -0.2) is 41.0 Å². The largest absolute Gasteiger partial charge is 0.354 e. The van der Waals surface area contributed by atoms with Crippen LogP contribution in [0.1, 0.15) is 0 Å². The molecule has 3 N–H and O–H groups in total. The third-order valence-electron chi connectivity index (χ3n) is 1.84. The van der Waals surface area contributed by atoms with Gasteiger partial charge >= 0.3 is 0 Å². The zero-order valence-electron chi connectivity index (χ0n) is 9.80. The van der Waals surface area contributed by atoms with Crippen molar-refractivity contribution in [1.29, 1.82) is 0 Å². The van der Waals surface area contributed by atoms with Gasteiger partial charge in [0.05, 0.1) is 6.54 Å². The third kappa shape index (κ3) is 5.78. The lowest BCUT2D eigenvalue weighted by Crippen LogP contribution is -2.38. The second kappa shape index (κ2) is 8.44. The molecular formula is C9H16ClN3O3S2. The van der Waals surface area contributed by atoms with Crippen LogP contribution in [0.5, 0.6) is 0 Å². The first-order valence-corrected chi connectivity index (χ1v) is 7.37. The van der Waals surface area contributed by atoms with E-state index in [1.54, 1.807) is 18.5 Å². The van der Waals surface area contributed by atoms with Crippen molar-refractivity contribution in [2.24, 2.45) is 0 Å². The zero-order valence-corrected chi connectivity index (χ0v) is 12.3. The molecule has 0 aliphatic heterocycles. The molecule has 1 amide bonds. The molecule has 1 aromatic rings. The topological polar surface area (TPSA) is 87.3 Å². The number of likely N-dealkylation sites (N-methyl/N-ethyl adjacent to an activating group) is 1. The highest BCUT2D eigenvalue weighted by Crippen LogP contribution is 2.14. The number of hydrogen-bond donors (Lipinski definition) is 3. The molecule has 0 radical (unpaired) electrons. The van der Waals surface area contributed by atoms with Crippen LogP contribution >= 0.6 is 23.7 Å². The van der Waals surface area contributed by atoms with E-state index in [1.165, 1.54) is 6.07 Å². The molecule has 0 spiro atoms. The average Bonchev–Trinajstić information content (AvgIpc) is 2.79. The lowest BCUT2D eigenvalue weighted by atomic mass is 10.5. The molecule has 9 heteroatoms. The molecule has 0 aliphatic carbocycles. The fourth-order valence-corrected chi connectivity index (χ4v) is 3.17. The number of nitrogens with one attached hydrogen (secondary N) is 3. The van der Waals surface area contributed by atoms with Gasteiger partial charge in [0, 0.05) is 13.1 Å². The Morgan fingerprint density at radius 2 is 2.11 bits per heavy atom. The van der Waals surface area contributed by atoms with Crippen molar-refractivity contribution in [3.63, 3.8) is 0 Å². The Labute approximate surface area is 117 Å². The molecular weight excluding hydrogens is 298 g/mol. The van der Waals surface area contributed by atoms with E-state index in [2.05, 4.69) is 15.4 Å². The van der Waals surface area contributed by atoms with Gasteiger partial charge in [-0.2, -0.15) is 0 Å². The number of rotatable bonds is 7. The van der Waals surface area contributed by atoms with Crippen molar-refractivity contribution in [3.8, 4) is 0 Å². The molecule has 0 atom stereocenters. The summed E-state index contributed by atoms with van der Waals surface area (Å²) < 4.78 is 26.0. The summed E-state index contributed by atoms with van der Waals surface area (Å²) in [5.41, 5.74) is 0. The van der Waals surface area contributed by atoms with Crippen molar-refractivity contribution in [1.82, 2.24) is 15.4 Å². The summed E-state index contributed by atoms with van der Waals surface area (Å²) in [5, 5.41) is 6.97. The minimum atomic E-state index is -3.43. The number of hydrogen-bond acceptors (Lipinski definition) is 5. The van der Waals surface area contributed by atoms with Crippen molar-refractivity contribution in [2.75, 3.05) is 26.7 Å². The predicted octanol–water partition coefficient (Wildman–Crippen LogP) is -0.216. The summed E-state index contributed by atoms with van der Waals surface area (Å²) in [5.74, 6) is -0.164. The van der Waals surface area contributed by atoms with E-state index in [0.29, 0.717) is 0 Å². The quantitative estimate of drug-likeness (QED) is 0.608. The fourth-order valence-electron chi connectivity index (χ4n) is 1.10. The average molecular weight is 314 g/mol. The number of halogens is 1. The van der Waals surface area contributed by atoms with Crippen LogP contribution in [0.25, 0.3) is 0 Å². The minimum absolute atomic E-state index is 0. The maximum atomic E-state index is 11.6. The van der Waals surface area contributed by atoms with Crippen LogP contribution in [-0.2, 0) is 14.8 Å². The zero-order chi connectivity index (χ0) is 12.7. The molecule has 1 heterocycles. The van der Waals surface area contributed by atoms with Gasteiger partial charge in [0.25, 0.3) is 0 Å². The van der Waals surface area contributed by atoms with Gasteiger partial charge in [-0.1, -0.05) is 6.07 Å². The van der Waals surface area contributed by atoms with Crippen LogP contribution in [0.2, 0.25) is 0 Å². The van der Waals surface area contributed by atoms with Crippen molar-refractivity contribution in [3.05, 3.63) is 17.5 Å². The van der Waals surface area contributed by atoms with E-state index in [-0.39, 0.29) is 42.2 Å². The molecule has 1 aromatic heterocycles. The Morgan fingerprint density at radius 1 is 1.39 bits per heavy atom. The summed E-state index contributed by atoms with van der Waals surface area (Å²) in [7, 11) is -1.76. The minimum Gasteiger partial charge on any atom is -0.354 e. The first kappa shape index (κ1) is 17.3. The van der Waals surface area contributed by atoms with Crippen LogP contribution in [0.4, 0.5) is 0 Å². The molecule has 0 aromatic carbocycles. The SMILES string of the molecule is CNCC(=O)NCCNS(=O)(=O)c1cccs1.Cl. The van der Waals surface area contributed by atoms with Crippen LogP contribution in [0, 0.1) is 0 Å². The second-order valence-electron chi connectivity index (χ2n) is 3.21. The van der Waals surface area contributed by atoms with Gasteiger partial charge in [-0.3, -0.25) is 4.79 Å². The molecule has 0 aliphatic rings. The Hall–Kier alpha value is -0.670. The second-order valence-corrected chi connectivity index (χ2v) is 6.15. The number of carbonyl (C=O) groups excluding carboxylic acids is 1. The molecule has 0 unspecified atom stereocenters. The molecule has 18 heavy (non-hydrogen) atoms. The maximum Gasteiger partial charge on any atom is 0.250 e. The fraction of sp³-hybridized carbons (Fsp3) is 0.444. The molecule has 0 saturated carbocycles. The lowest BCUT2D eigenvalue weighted by molar-refractivity contribution is -0.120. The Kier molecular flexibility index (Phi) is 8.12. The normalized spacial score (nSPS) is 10.7. The Balaban J connectivity index is 0.00000289. The van der Waals surface area contributed by atoms with Gasteiger partial charge in [0.15, 0.2) is 0 Å². The lowest BCUT2D eigenvalue weighted by Gasteiger charge is -2.06. The van der Waals surface area contributed by atoms with E-state index in [4.69, 9.17) is 0 Å². The molecule has 0 fully saturated rings. The number of sulfonamides is 1. The first-order chi connectivity index (χ1) is 8.06. The Bertz CT molecular complexity index is 448. The van der Waals surface area contributed by atoms with Crippen LogP contribution in [0.15, 0.2) is 21.7 Å². The summed E-state index contributed by atoms with van der Waals surface area (Å²) in [6, 6.07) is 3.21. The summed E-state index contributed by atoms with van der Waals surface area (Å²) in [6.45, 7) is 0.665. The van der Waals surface area contributed by atoms with E-state index >= 15 is 0 Å². The highest BCUT2D eigenvalue weighted by molar-refractivity contribution is 7.91. The van der Waals surface area contributed by atoms with Crippen molar-refractivity contribution >= 4 is 39.7 Å². The molecule has 6 nitrogen and oxygen atoms in total. The predicted molar refractivity (Wildman–Crippen MR) is 73.7 cm³/mol. The van der Waals surface area contributed by atoms with Gasteiger partial charge < -0.3 is 10.6 Å². The highest BCUT2D eigenvalue weighted by atomic mass is 35.5. The first-order valence-electron chi connectivity index (χ1n) is 5.01. The van der Waals surface area contributed by atoms with Gasteiger partial charge in [0.2, 0.25) is 15.9 Å². The number of amides is 1. The van der Waals surface area contributed by atoms with E-state index < -0.39 is 10.0 Å². The standard InChI is InChI=1S/C9H15N3O3S2.ClH/c1-10-7-8(13)11-4-5-12-17(14,15)9-3-2-6-16-9;/h2-3,6,10,12H,4-5,7H2,1H3,(H,11,13);1H. The summed E-state index contributed by atoms with van der Waals surface area (Å²) in [4.78, 5) is 11.0. The highest BCUT2D eigenvalue weighted by Gasteiger charge is 2.13. The van der Waals surface area contributed by atoms with Gasteiger partial charge in [-0.15, -0.1) is 23.7 Å². The summed E-state index contributed by atoms with van der Waals surface area (Å²) >= 11 is 1.15. The van der Waals surface area contributed by atoms with Gasteiger partial charge in [-0.25, -0.2) is 13.1 Å². The molecule has 0 bridgehead atoms. The van der Waals surface area contributed by atoms with Crippen molar-refractivity contribution < 1.29 is 13.2 Å². The van der Waals surface area contributed by atoms with Crippen LogP contribution in [0.3, 0.4) is 0 Å².